The van der Waals surface area contributed by atoms with Crippen molar-refractivity contribution in [2.45, 2.75) is 44.0 Å². The van der Waals surface area contributed by atoms with Gasteiger partial charge in [-0.2, -0.15) is 13.2 Å². The lowest BCUT2D eigenvalue weighted by Crippen LogP contribution is -2.46. The number of alkyl halides is 3. The van der Waals surface area contributed by atoms with Crippen molar-refractivity contribution in [1.29, 1.82) is 0 Å². The molecule has 2 saturated heterocycles. The minimum Gasteiger partial charge on any atom is -0.389 e. The Morgan fingerprint density at radius 2 is 1.91 bits per heavy atom. The quantitative estimate of drug-likeness (QED) is 0.895. The Hall–Kier alpha value is -1.25. The molecular weight excluding hydrogens is 311 g/mol. The van der Waals surface area contributed by atoms with Crippen LogP contribution < -0.4 is 0 Å². The standard InChI is InChI=1S/C15H20F3N3O2/c1-9-6-13(15(16,17)18)20-14(19-9)10-2-4-21(5-3-10)11-7-23-8-12(11)22/h6,10-12,22H,2-5,7-8H2,1H3. The first-order valence-electron chi connectivity index (χ1n) is 7.77. The molecule has 0 saturated carbocycles. The Kier molecular flexibility index (Phi) is 4.57. The van der Waals surface area contributed by atoms with E-state index in [1.54, 1.807) is 6.92 Å². The fourth-order valence-electron chi connectivity index (χ4n) is 3.29. The van der Waals surface area contributed by atoms with Crippen molar-refractivity contribution in [1.82, 2.24) is 14.9 Å². The van der Waals surface area contributed by atoms with E-state index in [2.05, 4.69) is 14.9 Å². The largest absolute Gasteiger partial charge is 0.433 e. The SMILES string of the molecule is Cc1cc(C(F)(F)F)nc(C2CCN(C3COCC3O)CC2)n1. The third-order valence-corrected chi connectivity index (χ3v) is 4.55. The molecule has 23 heavy (non-hydrogen) atoms. The van der Waals surface area contributed by atoms with Crippen LogP contribution in [-0.2, 0) is 10.9 Å². The summed E-state index contributed by atoms with van der Waals surface area (Å²) in [4.78, 5) is 10.1. The molecule has 1 N–H and O–H groups in total. The summed E-state index contributed by atoms with van der Waals surface area (Å²) in [5, 5.41) is 9.87. The van der Waals surface area contributed by atoms with Crippen molar-refractivity contribution in [3.05, 3.63) is 23.3 Å². The molecule has 0 aliphatic carbocycles. The number of halogens is 3. The molecule has 3 rings (SSSR count). The minimum atomic E-state index is -4.45. The molecule has 128 valence electrons. The Morgan fingerprint density at radius 1 is 1.22 bits per heavy atom. The second kappa shape index (κ2) is 6.33. The molecule has 0 bridgehead atoms. The summed E-state index contributed by atoms with van der Waals surface area (Å²) in [6.07, 6.45) is -3.57. The van der Waals surface area contributed by atoms with Gasteiger partial charge in [-0.05, 0) is 38.9 Å². The molecule has 0 spiro atoms. The number of hydrogen-bond acceptors (Lipinski definition) is 5. The number of hydrogen-bond donors (Lipinski definition) is 1. The molecule has 8 heteroatoms. The summed E-state index contributed by atoms with van der Waals surface area (Å²) in [6.45, 7) is 3.82. The van der Waals surface area contributed by atoms with Gasteiger partial charge in [-0.3, -0.25) is 4.90 Å². The van der Waals surface area contributed by atoms with E-state index in [0.717, 1.165) is 6.07 Å². The van der Waals surface area contributed by atoms with Crippen LogP contribution >= 0.6 is 0 Å². The van der Waals surface area contributed by atoms with Crippen LogP contribution in [0.3, 0.4) is 0 Å². The van der Waals surface area contributed by atoms with Crippen LogP contribution in [0.15, 0.2) is 6.07 Å². The zero-order valence-corrected chi connectivity index (χ0v) is 12.9. The van der Waals surface area contributed by atoms with Gasteiger partial charge in [0, 0.05) is 11.6 Å². The van der Waals surface area contributed by atoms with Gasteiger partial charge in [-0.1, -0.05) is 0 Å². The van der Waals surface area contributed by atoms with Gasteiger partial charge in [0.2, 0.25) is 0 Å². The number of aromatic nitrogens is 2. The lowest BCUT2D eigenvalue weighted by Gasteiger charge is -2.36. The summed E-state index contributed by atoms with van der Waals surface area (Å²) in [7, 11) is 0. The highest BCUT2D eigenvalue weighted by atomic mass is 19.4. The maximum absolute atomic E-state index is 12.9. The number of aliphatic hydroxyl groups excluding tert-OH is 1. The van der Waals surface area contributed by atoms with Crippen molar-refractivity contribution in [2.24, 2.45) is 0 Å². The minimum absolute atomic E-state index is 0.0138. The molecule has 0 radical (unpaired) electrons. The molecule has 1 aromatic rings. The van der Waals surface area contributed by atoms with Gasteiger partial charge in [0.25, 0.3) is 0 Å². The highest BCUT2D eigenvalue weighted by Gasteiger charge is 2.36. The first-order chi connectivity index (χ1) is 10.8. The molecule has 2 fully saturated rings. The first-order valence-corrected chi connectivity index (χ1v) is 7.77. The van der Waals surface area contributed by atoms with Gasteiger partial charge >= 0.3 is 6.18 Å². The Bertz CT molecular complexity index is 559. The van der Waals surface area contributed by atoms with Crippen LogP contribution in [0.5, 0.6) is 0 Å². The van der Waals surface area contributed by atoms with E-state index in [0.29, 0.717) is 44.8 Å². The molecule has 2 aliphatic rings. The van der Waals surface area contributed by atoms with Crippen LogP contribution in [-0.4, -0.2) is 58.4 Å². The second-order valence-corrected chi connectivity index (χ2v) is 6.23. The number of likely N-dealkylation sites (tertiary alicyclic amines) is 1. The number of rotatable bonds is 2. The Morgan fingerprint density at radius 3 is 2.48 bits per heavy atom. The molecule has 2 unspecified atom stereocenters. The van der Waals surface area contributed by atoms with E-state index in [1.165, 1.54) is 0 Å². The number of aliphatic hydroxyl groups is 1. The lowest BCUT2D eigenvalue weighted by molar-refractivity contribution is -0.141. The van der Waals surface area contributed by atoms with Gasteiger partial charge in [0.05, 0.1) is 25.4 Å². The summed E-state index contributed by atoms with van der Waals surface area (Å²) >= 11 is 0. The smallest absolute Gasteiger partial charge is 0.389 e. The van der Waals surface area contributed by atoms with E-state index in [1.807, 2.05) is 0 Å². The van der Waals surface area contributed by atoms with E-state index in [-0.39, 0.29) is 17.8 Å². The van der Waals surface area contributed by atoms with Crippen LogP contribution in [0.4, 0.5) is 13.2 Å². The maximum Gasteiger partial charge on any atom is 0.433 e. The molecule has 2 aliphatic heterocycles. The Labute approximate surface area is 132 Å². The second-order valence-electron chi connectivity index (χ2n) is 6.23. The fraction of sp³-hybridized carbons (Fsp3) is 0.733. The zero-order valence-electron chi connectivity index (χ0n) is 12.9. The Balaban J connectivity index is 1.69. The normalized spacial score (nSPS) is 27.5. The van der Waals surface area contributed by atoms with Crippen LogP contribution in [0, 0.1) is 6.92 Å². The van der Waals surface area contributed by atoms with Crippen molar-refractivity contribution in [3.8, 4) is 0 Å². The summed E-state index contributed by atoms with van der Waals surface area (Å²) < 4.78 is 43.9. The third-order valence-electron chi connectivity index (χ3n) is 4.55. The molecule has 0 amide bonds. The van der Waals surface area contributed by atoms with Crippen LogP contribution in [0.2, 0.25) is 0 Å². The van der Waals surface area contributed by atoms with E-state index in [4.69, 9.17) is 4.74 Å². The van der Waals surface area contributed by atoms with Crippen molar-refractivity contribution < 1.29 is 23.0 Å². The number of aryl methyl sites for hydroxylation is 1. The highest BCUT2D eigenvalue weighted by Crippen LogP contribution is 2.32. The molecule has 0 aromatic carbocycles. The van der Waals surface area contributed by atoms with Crippen molar-refractivity contribution >= 4 is 0 Å². The summed E-state index contributed by atoms with van der Waals surface area (Å²) in [6, 6.07) is 0.963. The van der Waals surface area contributed by atoms with Crippen molar-refractivity contribution in [3.63, 3.8) is 0 Å². The average Bonchev–Trinajstić information content (AvgIpc) is 2.92. The third kappa shape index (κ3) is 3.64. The molecule has 2 atom stereocenters. The lowest BCUT2D eigenvalue weighted by atomic mass is 9.94. The molecule has 5 nitrogen and oxygen atoms in total. The van der Waals surface area contributed by atoms with Gasteiger partial charge in [0.1, 0.15) is 11.5 Å². The topological polar surface area (TPSA) is 58.5 Å². The van der Waals surface area contributed by atoms with E-state index < -0.39 is 18.0 Å². The first kappa shape index (κ1) is 16.6. The van der Waals surface area contributed by atoms with Crippen LogP contribution in [0.25, 0.3) is 0 Å². The molecule has 3 heterocycles. The number of nitrogens with zero attached hydrogens (tertiary/aromatic N) is 3. The molecular formula is C15H20F3N3O2. The van der Waals surface area contributed by atoms with E-state index >= 15 is 0 Å². The van der Waals surface area contributed by atoms with Gasteiger partial charge in [0.15, 0.2) is 0 Å². The average molecular weight is 331 g/mol. The zero-order chi connectivity index (χ0) is 16.6. The summed E-state index contributed by atoms with van der Waals surface area (Å²) in [5.74, 6) is 0.201. The maximum atomic E-state index is 12.9. The van der Waals surface area contributed by atoms with Gasteiger partial charge in [-0.15, -0.1) is 0 Å². The highest BCUT2D eigenvalue weighted by molar-refractivity contribution is 5.15. The predicted octanol–water partition coefficient (Wildman–Crippen LogP) is 1.74. The van der Waals surface area contributed by atoms with Crippen molar-refractivity contribution in [2.75, 3.05) is 26.3 Å². The fourth-order valence-corrected chi connectivity index (χ4v) is 3.29. The number of piperidine rings is 1. The predicted molar refractivity (Wildman–Crippen MR) is 75.9 cm³/mol. The molecule has 1 aromatic heterocycles. The van der Waals surface area contributed by atoms with E-state index in [9.17, 15) is 18.3 Å². The monoisotopic (exact) mass is 331 g/mol. The number of ether oxygens (including phenoxy) is 1. The van der Waals surface area contributed by atoms with Gasteiger partial charge < -0.3 is 9.84 Å². The summed E-state index contributed by atoms with van der Waals surface area (Å²) in [5.41, 5.74) is -0.536. The van der Waals surface area contributed by atoms with Gasteiger partial charge in [-0.25, -0.2) is 9.97 Å². The van der Waals surface area contributed by atoms with Crippen LogP contribution in [0.1, 0.15) is 36.0 Å².